The van der Waals surface area contributed by atoms with Crippen LogP contribution in [-0.2, 0) is 9.84 Å². The average Bonchev–Trinajstić information content (AvgIpc) is 2.23. The van der Waals surface area contributed by atoms with Crippen molar-refractivity contribution in [3.63, 3.8) is 0 Å². The Labute approximate surface area is 114 Å². The minimum Gasteiger partial charge on any atom is -0.313 e. The summed E-state index contributed by atoms with van der Waals surface area (Å²) < 4.78 is 23.5. The Balaban J connectivity index is 3.75. The summed E-state index contributed by atoms with van der Waals surface area (Å²) in [7, 11) is -2.87. The quantitative estimate of drug-likeness (QED) is 0.668. The second-order valence-corrected chi connectivity index (χ2v) is 8.46. The van der Waals surface area contributed by atoms with Crippen LogP contribution in [0.4, 0.5) is 0 Å². The Bertz CT molecular complexity index is 297. The van der Waals surface area contributed by atoms with Crippen LogP contribution in [0.25, 0.3) is 0 Å². The number of nitrogens with one attached hydrogen (secondary N) is 1. The van der Waals surface area contributed by atoms with Gasteiger partial charge in [0.1, 0.15) is 0 Å². The largest absolute Gasteiger partial charge is 0.313 e. The zero-order chi connectivity index (χ0) is 14.2. The third kappa shape index (κ3) is 11.0. The fourth-order valence-electron chi connectivity index (χ4n) is 1.66. The number of sulfone groups is 1. The van der Waals surface area contributed by atoms with E-state index in [1.807, 2.05) is 0 Å². The molecule has 0 fully saturated rings. The molecule has 0 spiro atoms. The molecule has 0 radical (unpaired) electrons. The summed E-state index contributed by atoms with van der Waals surface area (Å²) in [5.74, 6) is 1.76. The van der Waals surface area contributed by atoms with Gasteiger partial charge in [0, 0.05) is 12.6 Å². The van der Waals surface area contributed by atoms with E-state index in [1.165, 1.54) is 6.42 Å². The third-order valence-corrected chi connectivity index (χ3v) is 4.77. The summed E-state index contributed by atoms with van der Waals surface area (Å²) in [4.78, 5) is 0. The van der Waals surface area contributed by atoms with E-state index in [0.717, 1.165) is 12.8 Å². The standard InChI is InChI=1S/C14H31NO2S/c1-12(2)6-7-14(5)15-9-11-18(16,17)10-8-13(3)4/h12-15H,6-11H2,1-5H3. The lowest BCUT2D eigenvalue weighted by molar-refractivity contribution is 0.458. The van der Waals surface area contributed by atoms with Gasteiger partial charge >= 0.3 is 0 Å². The molecule has 0 aromatic carbocycles. The van der Waals surface area contributed by atoms with Crippen LogP contribution in [0, 0.1) is 11.8 Å². The third-order valence-electron chi connectivity index (χ3n) is 3.09. The highest BCUT2D eigenvalue weighted by atomic mass is 32.2. The first-order valence-electron chi connectivity index (χ1n) is 7.16. The predicted octanol–water partition coefficient (Wildman–Crippen LogP) is 2.86. The van der Waals surface area contributed by atoms with Gasteiger partial charge in [0.25, 0.3) is 0 Å². The van der Waals surface area contributed by atoms with E-state index in [2.05, 4.69) is 39.9 Å². The molecule has 0 aliphatic heterocycles. The first kappa shape index (κ1) is 17.9. The van der Waals surface area contributed by atoms with Crippen molar-refractivity contribution in [3.05, 3.63) is 0 Å². The molecule has 0 bridgehead atoms. The Morgan fingerprint density at radius 1 is 0.833 bits per heavy atom. The Kier molecular flexibility index (Phi) is 8.87. The highest BCUT2D eigenvalue weighted by Gasteiger charge is 2.12. The molecule has 1 atom stereocenters. The molecule has 0 aliphatic carbocycles. The summed E-state index contributed by atoms with van der Waals surface area (Å²) in [6.07, 6.45) is 3.07. The van der Waals surface area contributed by atoms with Gasteiger partial charge in [-0.05, 0) is 38.0 Å². The molecule has 1 N–H and O–H groups in total. The number of hydrogen-bond acceptors (Lipinski definition) is 3. The monoisotopic (exact) mass is 277 g/mol. The van der Waals surface area contributed by atoms with E-state index in [9.17, 15) is 8.42 Å². The summed E-state index contributed by atoms with van der Waals surface area (Å²) in [6, 6.07) is 0.410. The van der Waals surface area contributed by atoms with Crippen molar-refractivity contribution in [2.45, 2.75) is 59.9 Å². The van der Waals surface area contributed by atoms with Crippen LogP contribution in [-0.4, -0.2) is 32.5 Å². The van der Waals surface area contributed by atoms with Gasteiger partial charge in [-0.15, -0.1) is 0 Å². The van der Waals surface area contributed by atoms with Gasteiger partial charge < -0.3 is 5.32 Å². The molecule has 18 heavy (non-hydrogen) atoms. The number of rotatable bonds is 10. The molecule has 110 valence electrons. The molecule has 0 amide bonds. The van der Waals surface area contributed by atoms with Crippen LogP contribution in [0.5, 0.6) is 0 Å². The van der Waals surface area contributed by atoms with Crippen molar-refractivity contribution in [2.24, 2.45) is 11.8 Å². The molecule has 0 aromatic heterocycles. The molecule has 4 heteroatoms. The van der Waals surface area contributed by atoms with E-state index in [-0.39, 0.29) is 5.75 Å². The van der Waals surface area contributed by atoms with Crippen molar-refractivity contribution in [2.75, 3.05) is 18.1 Å². The van der Waals surface area contributed by atoms with Gasteiger partial charge in [-0.25, -0.2) is 8.42 Å². The Hall–Kier alpha value is -0.0900. The van der Waals surface area contributed by atoms with Crippen LogP contribution in [0.3, 0.4) is 0 Å². The summed E-state index contributed by atoms with van der Waals surface area (Å²) in [5, 5.41) is 3.30. The summed E-state index contributed by atoms with van der Waals surface area (Å²) >= 11 is 0. The van der Waals surface area contributed by atoms with Crippen molar-refractivity contribution >= 4 is 9.84 Å². The molecule has 3 nitrogen and oxygen atoms in total. The predicted molar refractivity (Wildman–Crippen MR) is 79.6 cm³/mol. The first-order valence-corrected chi connectivity index (χ1v) is 8.99. The van der Waals surface area contributed by atoms with Crippen molar-refractivity contribution in [1.82, 2.24) is 5.32 Å². The Morgan fingerprint density at radius 2 is 1.39 bits per heavy atom. The minimum absolute atomic E-state index is 0.270. The van der Waals surface area contributed by atoms with Crippen LogP contribution in [0.15, 0.2) is 0 Å². The fourth-order valence-corrected chi connectivity index (χ4v) is 3.13. The summed E-state index contributed by atoms with van der Waals surface area (Å²) in [5.41, 5.74) is 0. The molecule has 0 aliphatic rings. The van der Waals surface area contributed by atoms with Gasteiger partial charge in [-0.3, -0.25) is 0 Å². The lowest BCUT2D eigenvalue weighted by atomic mass is 10.0. The van der Waals surface area contributed by atoms with Gasteiger partial charge in [-0.1, -0.05) is 27.7 Å². The van der Waals surface area contributed by atoms with Gasteiger partial charge in [0.05, 0.1) is 11.5 Å². The fraction of sp³-hybridized carbons (Fsp3) is 1.00. The van der Waals surface area contributed by atoms with Crippen molar-refractivity contribution in [1.29, 1.82) is 0 Å². The smallest absolute Gasteiger partial charge is 0.151 e. The number of hydrogen-bond donors (Lipinski definition) is 1. The van der Waals surface area contributed by atoms with E-state index >= 15 is 0 Å². The molecule has 0 aromatic rings. The van der Waals surface area contributed by atoms with Crippen LogP contribution < -0.4 is 5.32 Å². The molecular formula is C14H31NO2S. The highest BCUT2D eigenvalue weighted by Crippen LogP contribution is 2.06. The van der Waals surface area contributed by atoms with Gasteiger partial charge in [-0.2, -0.15) is 0 Å². The maximum atomic E-state index is 11.7. The molecular weight excluding hydrogens is 246 g/mol. The zero-order valence-electron chi connectivity index (χ0n) is 12.7. The topological polar surface area (TPSA) is 46.2 Å². The average molecular weight is 277 g/mol. The maximum Gasteiger partial charge on any atom is 0.151 e. The molecule has 0 saturated heterocycles. The molecule has 0 rings (SSSR count). The minimum atomic E-state index is -2.87. The first-order chi connectivity index (χ1) is 8.23. The van der Waals surface area contributed by atoms with Gasteiger partial charge in [0.15, 0.2) is 9.84 Å². The summed E-state index contributed by atoms with van der Waals surface area (Å²) in [6.45, 7) is 11.2. The van der Waals surface area contributed by atoms with Crippen LogP contribution >= 0.6 is 0 Å². The van der Waals surface area contributed by atoms with E-state index < -0.39 is 9.84 Å². The molecule has 0 saturated carbocycles. The highest BCUT2D eigenvalue weighted by molar-refractivity contribution is 7.91. The lowest BCUT2D eigenvalue weighted by Crippen LogP contribution is -2.32. The second kappa shape index (κ2) is 8.92. The van der Waals surface area contributed by atoms with E-state index in [4.69, 9.17) is 0 Å². The van der Waals surface area contributed by atoms with Gasteiger partial charge in [0.2, 0.25) is 0 Å². The zero-order valence-corrected chi connectivity index (χ0v) is 13.5. The van der Waals surface area contributed by atoms with Crippen molar-refractivity contribution < 1.29 is 8.42 Å². The maximum absolute atomic E-state index is 11.7. The SMILES string of the molecule is CC(C)CCC(C)NCCS(=O)(=O)CCC(C)C. The van der Waals surface area contributed by atoms with Crippen LogP contribution in [0.1, 0.15) is 53.9 Å². The molecule has 1 unspecified atom stereocenters. The van der Waals surface area contributed by atoms with Crippen LogP contribution in [0.2, 0.25) is 0 Å². The molecule has 0 heterocycles. The normalized spacial score (nSPS) is 14.4. The lowest BCUT2D eigenvalue weighted by Gasteiger charge is -2.15. The van der Waals surface area contributed by atoms with E-state index in [1.54, 1.807) is 0 Å². The van der Waals surface area contributed by atoms with E-state index in [0.29, 0.717) is 30.2 Å². The van der Waals surface area contributed by atoms with Crippen molar-refractivity contribution in [3.8, 4) is 0 Å². The second-order valence-electron chi connectivity index (χ2n) is 6.16. The Morgan fingerprint density at radius 3 is 1.89 bits per heavy atom.